The fourth-order valence-corrected chi connectivity index (χ4v) is 8.34. The van der Waals surface area contributed by atoms with Gasteiger partial charge in [-0.25, -0.2) is 4.39 Å². The lowest BCUT2D eigenvalue weighted by Crippen LogP contribution is -2.68. The monoisotopic (exact) mass is 420 g/mol. The van der Waals surface area contributed by atoms with Crippen molar-refractivity contribution in [3.05, 3.63) is 11.6 Å². The Labute approximate surface area is 177 Å². The Balaban J connectivity index is 1.63. The van der Waals surface area contributed by atoms with Crippen LogP contribution >= 0.6 is 0 Å². The van der Waals surface area contributed by atoms with Crippen molar-refractivity contribution in [2.24, 2.45) is 28.6 Å². The lowest BCUT2D eigenvalue weighted by Gasteiger charge is -2.61. The summed E-state index contributed by atoms with van der Waals surface area (Å²) in [6.45, 7) is 8.88. The minimum absolute atomic E-state index is 0.0597. The summed E-state index contributed by atoms with van der Waals surface area (Å²) in [5, 5.41) is 11.4. The van der Waals surface area contributed by atoms with Gasteiger partial charge in [0, 0.05) is 11.8 Å². The topological polar surface area (TPSA) is 72.8 Å². The van der Waals surface area contributed by atoms with Crippen LogP contribution in [0.1, 0.15) is 66.7 Å². The highest BCUT2D eigenvalue weighted by Gasteiger charge is 2.79. The SMILES string of the molecule is CC(=O)[C@@]12OC(C)(C)O[C@@H]1CC1C3CCC4=CC(=O)CCC4(C)C3C(O)[C@H](F)C12C. The van der Waals surface area contributed by atoms with Gasteiger partial charge in [0.25, 0.3) is 0 Å². The molecule has 0 amide bonds. The van der Waals surface area contributed by atoms with Crippen molar-refractivity contribution in [1.29, 1.82) is 0 Å². The summed E-state index contributed by atoms with van der Waals surface area (Å²) in [6, 6.07) is 0. The number of fused-ring (bicyclic) bond motifs is 7. The van der Waals surface area contributed by atoms with Crippen molar-refractivity contribution >= 4 is 11.6 Å². The zero-order valence-corrected chi connectivity index (χ0v) is 18.5. The number of aliphatic hydroxyl groups excluding tert-OH is 1. The highest BCUT2D eigenvalue weighted by Crippen LogP contribution is 2.71. The van der Waals surface area contributed by atoms with Gasteiger partial charge in [0.1, 0.15) is 6.17 Å². The number of hydrogen-bond acceptors (Lipinski definition) is 5. The summed E-state index contributed by atoms with van der Waals surface area (Å²) in [5.41, 5.74) is -1.86. The summed E-state index contributed by atoms with van der Waals surface area (Å²) in [4.78, 5) is 25.1. The first-order valence-electron chi connectivity index (χ1n) is 11.3. The molecule has 4 fully saturated rings. The van der Waals surface area contributed by atoms with Crippen LogP contribution in [0.5, 0.6) is 0 Å². The van der Waals surface area contributed by atoms with Gasteiger partial charge in [-0.15, -0.1) is 0 Å². The fourth-order valence-electron chi connectivity index (χ4n) is 8.34. The molecule has 6 unspecified atom stereocenters. The van der Waals surface area contributed by atoms with Gasteiger partial charge in [-0.1, -0.05) is 19.4 Å². The molecule has 0 aromatic carbocycles. The number of hydrogen-bond donors (Lipinski definition) is 1. The largest absolute Gasteiger partial charge is 0.390 e. The molecule has 0 spiro atoms. The Bertz CT molecular complexity index is 851. The Morgan fingerprint density at radius 2 is 1.93 bits per heavy atom. The number of Topliss-reactive ketones (excluding diaryl/α,β-unsaturated/α-hetero) is 1. The average molecular weight is 421 g/mol. The molecule has 1 heterocycles. The third kappa shape index (κ3) is 2.23. The predicted molar refractivity (Wildman–Crippen MR) is 107 cm³/mol. The average Bonchev–Trinajstić information content (AvgIpc) is 3.07. The van der Waals surface area contributed by atoms with Gasteiger partial charge in [0.2, 0.25) is 0 Å². The van der Waals surface area contributed by atoms with Crippen LogP contribution in [0.3, 0.4) is 0 Å². The highest BCUT2D eigenvalue weighted by atomic mass is 19.1. The number of ketones is 2. The first-order chi connectivity index (χ1) is 13.9. The fraction of sp³-hybridized carbons (Fsp3) is 0.833. The Kier molecular flexibility index (Phi) is 4.17. The molecule has 3 saturated carbocycles. The van der Waals surface area contributed by atoms with Crippen LogP contribution in [0.4, 0.5) is 4.39 Å². The van der Waals surface area contributed by atoms with E-state index in [-0.39, 0.29) is 34.7 Å². The minimum atomic E-state index is -1.61. The molecule has 5 rings (SSSR count). The van der Waals surface area contributed by atoms with E-state index in [0.29, 0.717) is 19.3 Å². The van der Waals surface area contributed by atoms with Crippen LogP contribution in [0.2, 0.25) is 0 Å². The van der Waals surface area contributed by atoms with Crippen molar-refractivity contribution in [1.82, 2.24) is 0 Å². The number of alkyl halides is 1. The molecule has 5 aliphatic rings. The molecule has 5 nitrogen and oxygen atoms in total. The molecular weight excluding hydrogens is 387 g/mol. The number of carbonyl (C=O) groups is 2. The Morgan fingerprint density at radius 1 is 1.23 bits per heavy atom. The molecule has 1 N–H and O–H groups in total. The van der Waals surface area contributed by atoms with Gasteiger partial charge in [-0.05, 0) is 75.7 Å². The van der Waals surface area contributed by atoms with Crippen LogP contribution in [0.25, 0.3) is 0 Å². The van der Waals surface area contributed by atoms with E-state index < -0.39 is 35.2 Å². The van der Waals surface area contributed by atoms with Crippen molar-refractivity contribution in [3.8, 4) is 0 Å². The summed E-state index contributed by atoms with van der Waals surface area (Å²) >= 11 is 0. The molecular formula is C24H33FO5. The Hall–Kier alpha value is -1.11. The van der Waals surface area contributed by atoms with Crippen LogP contribution in [0, 0.1) is 28.6 Å². The molecule has 30 heavy (non-hydrogen) atoms. The number of allylic oxidation sites excluding steroid dienone is 1. The van der Waals surface area contributed by atoms with Crippen LogP contribution < -0.4 is 0 Å². The molecule has 1 saturated heterocycles. The van der Waals surface area contributed by atoms with Crippen molar-refractivity contribution in [3.63, 3.8) is 0 Å². The third-order valence-electron chi connectivity index (χ3n) is 9.51. The van der Waals surface area contributed by atoms with E-state index in [1.54, 1.807) is 26.8 Å². The van der Waals surface area contributed by atoms with Gasteiger partial charge in [-0.3, -0.25) is 9.59 Å². The minimum Gasteiger partial charge on any atom is -0.390 e. The predicted octanol–water partition coefficient (Wildman–Crippen LogP) is 3.53. The second-order valence-electron chi connectivity index (χ2n) is 11.2. The maximum atomic E-state index is 16.4. The zero-order valence-electron chi connectivity index (χ0n) is 18.5. The van der Waals surface area contributed by atoms with E-state index in [0.717, 1.165) is 18.4 Å². The van der Waals surface area contributed by atoms with Crippen molar-refractivity contribution in [2.75, 3.05) is 0 Å². The third-order valence-corrected chi connectivity index (χ3v) is 9.51. The van der Waals surface area contributed by atoms with E-state index in [1.165, 1.54) is 6.92 Å². The number of aliphatic hydroxyl groups is 1. The number of ether oxygens (including phenoxy) is 2. The summed E-state index contributed by atoms with van der Waals surface area (Å²) in [6.07, 6.45) is 1.62. The molecule has 166 valence electrons. The Morgan fingerprint density at radius 3 is 2.60 bits per heavy atom. The lowest BCUT2D eigenvalue weighted by atomic mass is 9.44. The number of carbonyl (C=O) groups excluding carboxylic acids is 2. The molecule has 4 aliphatic carbocycles. The van der Waals surface area contributed by atoms with Crippen molar-refractivity contribution < 1.29 is 28.6 Å². The standard InChI is InChI=1S/C24H33FO5/c1-12(26)24-17(29-21(2,3)30-24)11-16-15-7-6-13-10-14(27)8-9-22(13,4)18(15)19(28)20(25)23(16,24)5/h10,15-20,28H,6-9,11H2,1-5H3/t15?,16?,17-,18?,19?,20+,22?,23?,24-/m1/s1. The zero-order chi connectivity index (χ0) is 21.9. The van der Waals surface area contributed by atoms with E-state index in [2.05, 4.69) is 6.92 Å². The lowest BCUT2D eigenvalue weighted by molar-refractivity contribution is -0.247. The van der Waals surface area contributed by atoms with Gasteiger partial charge in [0.05, 0.1) is 12.2 Å². The number of halogens is 1. The van der Waals surface area contributed by atoms with Crippen LogP contribution in [-0.2, 0) is 19.1 Å². The molecule has 1 aliphatic heterocycles. The maximum absolute atomic E-state index is 16.4. The van der Waals surface area contributed by atoms with Gasteiger partial charge in [-0.2, -0.15) is 0 Å². The van der Waals surface area contributed by atoms with Crippen molar-refractivity contribution in [2.45, 2.75) is 96.5 Å². The van der Waals surface area contributed by atoms with Crippen LogP contribution in [-0.4, -0.2) is 46.4 Å². The van der Waals surface area contributed by atoms with Crippen LogP contribution in [0.15, 0.2) is 11.6 Å². The maximum Gasteiger partial charge on any atom is 0.165 e. The first kappa shape index (κ1) is 20.8. The van der Waals surface area contributed by atoms with Gasteiger partial charge >= 0.3 is 0 Å². The van der Waals surface area contributed by atoms with Gasteiger partial charge < -0.3 is 14.6 Å². The molecule has 9 atom stereocenters. The molecule has 0 aromatic rings. The molecule has 0 aromatic heterocycles. The number of rotatable bonds is 1. The summed E-state index contributed by atoms with van der Waals surface area (Å²) in [7, 11) is 0. The second-order valence-corrected chi connectivity index (χ2v) is 11.2. The van der Waals surface area contributed by atoms with E-state index in [4.69, 9.17) is 9.47 Å². The molecule has 0 radical (unpaired) electrons. The van der Waals surface area contributed by atoms with E-state index in [1.807, 2.05) is 0 Å². The molecule has 6 heteroatoms. The van der Waals surface area contributed by atoms with E-state index >= 15 is 4.39 Å². The smallest absolute Gasteiger partial charge is 0.165 e. The van der Waals surface area contributed by atoms with Gasteiger partial charge in [0.15, 0.2) is 23.0 Å². The first-order valence-corrected chi connectivity index (χ1v) is 11.3. The molecule has 0 bridgehead atoms. The normalized spacial score (nSPS) is 54.0. The highest BCUT2D eigenvalue weighted by molar-refractivity contribution is 5.91. The quantitative estimate of drug-likeness (QED) is 0.703. The van der Waals surface area contributed by atoms with E-state index in [9.17, 15) is 14.7 Å². The summed E-state index contributed by atoms with van der Waals surface area (Å²) < 4.78 is 28.8. The second kappa shape index (κ2) is 6.02. The summed E-state index contributed by atoms with van der Waals surface area (Å²) in [5.74, 6) is -1.39.